The van der Waals surface area contributed by atoms with Crippen molar-refractivity contribution in [3.8, 4) is 0 Å². The summed E-state index contributed by atoms with van der Waals surface area (Å²) in [5, 5.41) is 0. The highest BCUT2D eigenvalue weighted by Crippen LogP contribution is 2.36. The molecule has 1 aliphatic carbocycles. The normalized spacial score (nSPS) is 24.3. The lowest BCUT2D eigenvalue weighted by Gasteiger charge is -2.23. The topological polar surface area (TPSA) is 35.5 Å². The second-order valence-corrected chi connectivity index (χ2v) is 4.94. The Labute approximate surface area is 97.5 Å². The first kappa shape index (κ1) is 12.1. The molecule has 16 heavy (non-hydrogen) atoms. The molecule has 0 radical (unpaired) electrons. The fraction of sp³-hybridized carbons (Fsp3) is 0.923. The molecule has 1 atom stereocenters. The van der Waals surface area contributed by atoms with Crippen molar-refractivity contribution in [1.29, 1.82) is 0 Å². The van der Waals surface area contributed by atoms with E-state index in [0.29, 0.717) is 30.6 Å². The van der Waals surface area contributed by atoms with Crippen LogP contribution in [0.2, 0.25) is 0 Å². The van der Waals surface area contributed by atoms with Crippen LogP contribution in [0.4, 0.5) is 0 Å². The Hall–Kier alpha value is -0.410. The zero-order valence-electron chi connectivity index (χ0n) is 10.1. The lowest BCUT2D eigenvalue weighted by molar-refractivity contribution is -0.133. The molecule has 0 spiro atoms. The molecule has 0 N–H and O–H groups in total. The summed E-state index contributed by atoms with van der Waals surface area (Å²) in [6.45, 7) is 4.26. The van der Waals surface area contributed by atoms with Crippen LogP contribution in [0.3, 0.4) is 0 Å². The average molecular weight is 226 g/mol. The molecule has 0 aromatic heterocycles. The van der Waals surface area contributed by atoms with Gasteiger partial charge in [-0.05, 0) is 44.4 Å². The van der Waals surface area contributed by atoms with Crippen molar-refractivity contribution < 1.29 is 14.3 Å². The number of rotatable bonds is 6. The minimum absolute atomic E-state index is 0.104. The van der Waals surface area contributed by atoms with E-state index in [1.165, 1.54) is 12.8 Å². The maximum absolute atomic E-state index is 12.1. The molecule has 2 aliphatic rings. The molecule has 1 unspecified atom stereocenters. The van der Waals surface area contributed by atoms with Crippen molar-refractivity contribution in [3.05, 3.63) is 0 Å². The first-order valence-corrected chi connectivity index (χ1v) is 6.53. The summed E-state index contributed by atoms with van der Waals surface area (Å²) in [5.74, 6) is 1.38. The Bertz CT molecular complexity index is 229. The van der Waals surface area contributed by atoms with Crippen molar-refractivity contribution in [2.24, 2.45) is 11.8 Å². The quantitative estimate of drug-likeness (QED) is 0.696. The zero-order valence-corrected chi connectivity index (χ0v) is 10.1. The standard InChI is InChI=1S/C13H22O3/c1-2-16-13(11-3-4-11)12(14)9-10-5-7-15-8-6-10/h10-11,13H,2-9H2,1H3. The van der Waals surface area contributed by atoms with Gasteiger partial charge in [-0.1, -0.05) is 0 Å². The van der Waals surface area contributed by atoms with Crippen LogP contribution < -0.4 is 0 Å². The van der Waals surface area contributed by atoms with E-state index >= 15 is 0 Å². The van der Waals surface area contributed by atoms with E-state index in [0.717, 1.165) is 26.1 Å². The molecule has 3 heteroatoms. The number of Topliss-reactive ketones (excluding diaryl/α,β-unsaturated/α-hetero) is 1. The molecular formula is C13H22O3. The first-order chi connectivity index (χ1) is 7.81. The summed E-state index contributed by atoms with van der Waals surface area (Å²) in [6, 6.07) is 0. The molecule has 0 bridgehead atoms. The maximum atomic E-state index is 12.1. The van der Waals surface area contributed by atoms with Gasteiger partial charge in [-0.2, -0.15) is 0 Å². The molecule has 0 aromatic rings. The Morgan fingerprint density at radius 1 is 1.31 bits per heavy atom. The van der Waals surface area contributed by atoms with Gasteiger partial charge in [0.2, 0.25) is 0 Å². The highest BCUT2D eigenvalue weighted by atomic mass is 16.5. The van der Waals surface area contributed by atoms with Crippen LogP contribution in [-0.2, 0) is 14.3 Å². The summed E-state index contributed by atoms with van der Waals surface area (Å²) in [7, 11) is 0. The van der Waals surface area contributed by atoms with Gasteiger partial charge >= 0.3 is 0 Å². The third kappa shape index (κ3) is 3.29. The number of ether oxygens (including phenoxy) is 2. The highest BCUT2D eigenvalue weighted by molar-refractivity contribution is 5.84. The molecule has 2 rings (SSSR count). The molecule has 2 fully saturated rings. The smallest absolute Gasteiger partial charge is 0.162 e. The van der Waals surface area contributed by atoms with Gasteiger partial charge in [0.1, 0.15) is 6.10 Å². The fourth-order valence-electron chi connectivity index (χ4n) is 2.42. The maximum Gasteiger partial charge on any atom is 0.162 e. The first-order valence-electron chi connectivity index (χ1n) is 6.53. The van der Waals surface area contributed by atoms with Gasteiger partial charge in [-0.25, -0.2) is 0 Å². The largest absolute Gasteiger partial charge is 0.381 e. The number of hydrogen-bond donors (Lipinski definition) is 0. The summed E-state index contributed by atoms with van der Waals surface area (Å²) >= 11 is 0. The predicted octanol–water partition coefficient (Wildman–Crippen LogP) is 2.19. The average Bonchev–Trinajstić information content (AvgIpc) is 3.11. The second kappa shape index (κ2) is 5.78. The monoisotopic (exact) mass is 226 g/mol. The molecule has 0 amide bonds. The minimum atomic E-state index is -0.104. The number of ketones is 1. The summed E-state index contributed by atoms with van der Waals surface area (Å²) in [4.78, 5) is 12.1. The Kier molecular flexibility index (Phi) is 4.36. The van der Waals surface area contributed by atoms with Crippen LogP contribution >= 0.6 is 0 Å². The second-order valence-electron chi connectivity index (χ2n) is 4.94. The van der Waals surface area contributed by atoms with Crippen LogP contribution in [0.15, 0.2) is 0 Å². The third-order valence-corrected chi connectivity index (χ3v) is 3.54. The van der Waals surface area contributed by atoms with Crippen LogP contribution in [0, 0.1) is 11.8 Å². The Morgan fingerprint density at radius 2 is 2.00 bits per heavy atom. The van der Waals surface area contributed by atoms with Crippen LogP contribution in [0.5, 0.6) is 0 Å². The van der Waals surface area contributed by atoms with Crippen molar-refractivity contribution in [3.63, 3.8) is 0 Å². The number of carbonyl (C=O) groups excluding carboxylic acids is 1. The van der Waals surface area contributed by atoms with E-state index in [9.17, 15) is 4.79 Å². The van der Waals surface area contributed by atoms with Crippen molar-refractivity contribution in [2.45, 2.75) is 45.1 Å². The predicted molar refractivity (Wildman–Crippen MR) is 61.3 cm³/mol. The van der Waals surface area contributed by atoms with Crippen LogP contribution in [0.25, 0.3) is 0 Å². The van der Waals surface area contributed by atoms with Crippen LogP contribution in [-0.4, -0.2) is 31.7 Å². The van der Waals surface area contributed by atoms with Crippen molar-refractivity contribution in [1.82, 2.24) is 0 Å². The zero-order chi connectivity index (χ0) is 11.4. The number of carbonyl (C=O) groups is 1. The Morgan fingerprint density at radius 3 is 2.56 bits per heavy atom. The summed E-state index contributed by atoms with van der Waals surface area (Å²) in [6.07, 6.45) is 5.01. The SMILES string of the molecule is CCOC(C(=O)CC1CCOCC1)C1CC1. The van der Waals surface area contributed by atoms with Gasteiger partial charge < -0.3 is 9.47 Å². The van der Waals surface area contributed by atoms with Crippen LogP contribution in [0.1, 0.15) is 39.0 Å². The molecule has 1 heterocycles. The van der Waals surface area contributed by atoms with Crippen molar-refractivity contribution >= 4 is 5.78 Å². The van der Waals surface area contributed by atoms with Gasteiger partial charge in [0, 0.05) is 26.2 Å². The summed E-state index contributed by atoms with van der Waals surface area (Å²) < 4.78 is 10.9. The minimum Gasteiger partial charge on any atom is -0.381 e. The third-order valence-electron chi connectivity index (χ3n) is 3.54. The lowest BCUT2D eigenvalue weighted by Crippen LogP contribution is -2.30. The highest BCUT2D eigenvalue weighted by Gasteiger charge is 2.37. The van der Waals surface area contributed by atoms with E-state index in [2.05, 4.69) is 0 Å². The van der Waals surface area contributed by atoms with E-state index in [1.807, 2.05) is 6.92 Å². The van der Waals surface area contributed by atoms with E-state index < -0.39 is 0 Å². The molecular weight excluding hydrogens is 204 g/mol. The van der Waals surface area contributed by atoms with Gasteiger partial charge in [0.15, 0.2) is 5.78 Å². The van der Waals surface area contributed by atoms with Crippen molar-refractivity contribution in [2.75, 3.05) is 19.8 Å². The fourth-order valence-corrected chi connectivity index (χ4v) is 2.42. The van der Waals surface area contributed by atoms with E-state index in [1.54, 1.807) is 0 Å². The van der Waals surface area contributed by atoms with Gasteiger partial charge in [-0.15, -0.1) is 0 Å². The van der Waals surface area contributed by atoms with E-state index in [4.69, 9.17) is 9.47 Å². The Balaban J connectivity index is 1.79. The van der Waals surface area contributed by atoms with Gasteiger partial charge in [0.05, 0.1) is 0 Å². The lowest BCUT2D eigenvalue weighted by atomic mass is 9.91. The molecule has 1 aliphatic heterocycles. The molecule has 1 saturated heterocycles. The molecule has 92 valence electrons. The number of hydrogen-bond acceptors (Lipinski definition) is 3. The molecule has 1 saturated carbocycles. The van der Waals surface area contributed by atoms with Gasteiger partial charge in [-0.3, -0.25) is 4.79 Å². The van der Waals surface area contributed by atoms with E-state index in [-0.39, 0.29) is 6.10 Å². The van der Waals surface area contributed by atoms with Gasteiger partial charge in [0.25, 0.3) is 0 Å². The molecule has 0 aromatic carbocycles. The summed E-state index contributed by atoms with van der Waals surface area (Å²) in [5.41, 5.74) is 0. The molecule has 3 nitrogen and oxygen atoms in total.